The lowest BCUT2D eigenvalue weighted by molar-refractivity contribution is -0.0564. The van der Waals surface area contributed by atoms with Gasteiger partial charge in [-0.2, -0.15) is 0 Å². The summed E-state index contributed by atoms with van der Waals surface area (Å²) >= 11 is 0. The molecule has 3 fully saturated rings. The van der Waals surface area contributed by atoms with Gasteiger partial charge in [-0.1, -0.05) is 38.5 Å². The highest BCUT2D eigenvalue weighted by atomic mass is 16.3. The fraction of sp³-hybridized carbons (Fsp3) is 1.00. The minimum atomic E-state index is -0.0919. The molecule has 3 rings (SSSR count). The van der Waals surface area contributed by atoms with Gasteiger partial charge >= 0.3 is 0 Å². The molecule has 0 spiro atoms. The summed E-state index contributed by atoms with van der Waals surface area (Å²) in [6, 6.07) is 0. The number of aliphatic hydroxyl groups excluding tert-OH is 1. The van der Waals surface area contributed by atoms with Gasteiger partial charge in [0.25, 0.3) is 0 Å². The van der Waals surface area contributed by atoms with Crippen LogP contribution in [0.4, 0.5) is 0 Å². The van der Waals surface area contributed by atoms with Gasteiger partial charge in [-0.05, 0) is 62.2 Å². The predicted octanol–water partition coefficient (Wildman–Crippen LogP) is 4.53. The van der Waals surface area contributed by atoms with Crippen molar-refractivity contribution in [2.45, 2.75) is 83.7 Å². The second kappa shape index (κ2) is 5.15. The van der Waals surface area contributed by atoms with E-state index in [4.69, 9.17) is 0 Å². The van der Waals surface area contributed by atoms with Crippen molar-refractivity contribution in [2.24, 2.45) is 23.2 Å². The van der Waals surface area contributed by atoms with Gasteiger partial charge in [0.15, 0.2) is 0 Å². The lowest BCUT2D eigenvalue weighted by Gasteiger charge is -2.54. The molecule has 0 radical (unpaired) electrons. The second-order valence-electron chi connectivity index (χ2n) is 7.60. The van der Waals surface area contributed by atoms with Crippen molar-refractivity contribution in [3.05, 3.63) is 0 Å². The normalized spacial score (nSPS) is 46.0. The Balaban J connectivity index is 1.78. The molecule has 0 aromatic rings. The van der Waals surface area contributed by atoms with Crippen LogP contribution in [0.25, 0.3) is 0 Å². The maximum Gasteiger partial charge on any atom is 0.0517 e. The Morgan fingerprint density at radius 2 is 1.78 bits per heavy atom. The maximum absolute atomic E-state index is 9.93. The van der Waals surface area contributed by atoms with Crippen LogP contribution in [0, 0.1) is 23.2 Å². The summed E-state index contributed by atoms with van der Waals surface area (Å²) in [5.74, 6) is 3.00. The average molecular weight is 250 g/mol. The van der Waals surface area contributed by atoms with Crippen LogP contribution >= 0.6 is 0 Å². The standard InChI is InChI=1S/C17H30O/c1-13(18)11-17-9-5-4-8-16(17)10-14-6-2-3-7-15(14)12-17/h13-16,18H,2-12H2,1H3. The van der Waals surface area contributed by atoms with E-state index in [1.54, 1.807) is 0 Å². The number of fused-ring (bicyclic) bond motifs is 2. The topological polar surface area (TPSA) is 20.2 Å². The molecule has 1 heteroatoms. The summed E-state index contributed by atoms with van der Waals surface area (Å²) in [5.41, 5.74) is 0.533. The minimum Gasteiger partial charge on any atom is -0.393 e. The van der Waals surface area contributed by atoms with Crippen molar-refractivity contribution >= 4 is 0 Å². The zero-order valence-corrected chi connectivity index (χ0v) is 12.0. The van der Waals surface area contributed by atoms with Crippen LogP contribution in [0.15, 0.2) is 0 Å². The Morgan fingerprint density at radius 3 is 2.56 bits per heavy atom. The third kappa shape index (κ3) is 2.35. The Morgan fingerprint density at radius 1 is 1.06 bits per heavy atom. The van der Waals surface area contributed by atoms with E-state index in [0.717, 1.165) is 24.2 Å². The quantitative estimate of drug-likeness (QED) is 0.763. The highest BCUT2D eigenvalue weighted by molar-refractivity contribution is 4.99. The van der Waals surface area contributed by atoms with E-state index in [1.165, 1.54) is 64.2 Å². The van der Waals surface area contributed by atoms with E-state index in [2.05, 4.69) is 0 Å². The lowest BCUT2D eigenvalue weighted by Crippen LogP contribution is -2.45. The van der Waals surface area contributed by atoms with Gasteiger partial charge in [0.05, 0.1) is 6.10 Å². The first-order valence-electron chi connectivity index (χ1n) is 8.38. The molecule has 0 aliphatic heterocycles. The van der Waals surface area contributed by atoms with Gasteiger partial charge in [-0.15, -0.1) is 0 Å². The molecule has 0 heterocycles. The van der Waals surface area contributed by atoms with Crippen LogP contribution in [0.2, 0.25) is 0 Å². The summed E-state index contributed by atoms with van der Waals surface area (Å²) in [5, 5.41) is 9.93. The SMILES string of the molecule is CC(O)CC12CCCCC1CC1CCCCC1C2. The van der Waals surface area contributed by atoms with Crippen molar-refractivity contribution in [2.75, 3.05) is 0 Å². The first-order valence-corrected chi connectivity index (χ1v) is 8.38. The Labute approximate surface area is 112 Å². The van der Waals surface area contributed by atoms with Gasteiger partial charge in [0.1, 0.15) is 0 Å². The first-order chi connectivity index (χ1) is 8.70. The summed E-state index contributed by atoms with van der Waals surface area (Å²) < 4.78 is 0. The molecule has 3 aliphatic rings. The fourth-order valence-corrected chi connectivity index (χ4v) is 5.71. The van der Waals surface area contributed by atoms with Crippen molar-refractivity contribution in [1.82, 2.24) is 0 Å². The lowest BCUT2D eigenvalue weighted by atomic mass is 9.51. The molecule has 1 N–H and O–H groups in total. The zero-order valence-electron chi connectivity index (χ0n) is 12.0. The Hall–Kier alpha value is -0.0400. The molecule has 1 nitrogen and oxygen atoms in total. The van der Waals surface area contributed by atoms with E-state index in [-0.39, 0.29) is 6.10 Å². The van der Waals surface area contributed by atoms with Gasteiger partial charge in [-0.3, -0.25) is 0 Å². The van der Waals surface area contributed by atoms with Crippen LogP contribution in [-0.2, 0) is 0 Å². The smallest absolute Gasteiger partial charge is 0.0517 e. The van der Waals surface area contributed by atoms with E-state index in [9.17, 15) is 5.11 Å². The minimum absolute atomic E-state index is 0.0919. The second-order valence-corrected chi connectivity index (χ2v) is 7.60. The largest absolute Gasteiger partial charge is 0.393 e. The van der Waals surface area contributed by atoms with Gasteiger partial charge in [-0.25, -0.2) is 0 Å². The first kappa shape index (κ1) is 13.0. The molecule has 0 aromatic carbocycles. The number of aliphatic hydroxyl groups is 1. The molecule has 18 heavy (non-hydrogen) atoms. The third-order valence-corrected chi connectivity index (χ3v) is 6.37. The summed E-state index contributed by atoms with van der Waals surface area (Å²) in [7, 11) is 0. The number of hydrogen-bond acceptors (Lipinski definition) is 1. The molecule has 5 unspecified atom stereocenters. The number of hydrogen-bond donors (Lipinski definition) is 1. The van der Waals surface area contributed by atoms with Gasteiger partial charge < -0.3 is 5.11 Å². The predicted molar refractivity (Wildman–Crippen MR) is 75.4 cm³/mol. The van der Waals surface area contributed by atoms with Crippen molar-refractivity contribution < 1.29 is 5.11 Å². The molecule has 3 saturated carbocycles. The number of rotatable bonds is 2. The summed E-state index contributed by atoms with van der Waals surface area (Å²) in [4.78, 5) is 0. The summed E-state index contributed by atoms with van der Waals surface area (Å²) in [6.07, 6.45) is 15.6. The third-order valence-electron chi connectivity index (χ3n) is 6.37. The molecule has 0 amide bonds. The Bertz CT molecular complexity index is 285. The highest BCUT2D eigenvalue weighted by Gasteiger charge is 2.48. The van der Waals surface area contributed by atoms with Crippen molar-refractivity contribution in [3.8, 4) is 0 Å². The molecule has 104 valence electrons. The molecular weight excluding hydrogens is 220 g/mol. The van der Waals surface area contributed by atoms with Crippen LogP contribution in [0.5, 0.6) is 0 Å². The fourth-order valence-electron chi connectivity index (χ4n) is 5.71. The molecular formula is C17H30O. The van der Waals surface area contributed by atoms with Crippen LogP contribution < -0.4 is 0 Å². The van der Waals surface area contributed by atoms with Crippen molar-refractivity contribution in [1.29, 1.82) is 0 Å². The van der Waals surface area contributed by atoms with Crippen LogP contribution in [0.1, 0.15) is 77.6 Å². The molecule has 0 bridgehead atoms. The molecule has 0 saturated heterocycles. The molecule has 5 atom stereocenters. The van der Waals surface area contributed by atoms with Crippen LogP contribution in [-0.4, -0.2) is 11.2 Å². The van der Waals surface area contributed by atoms with E-state index < -0.39 is 0 Å². The molecule has 3 aliphatic carbocycles. The highest BCUT2D eigenvalue weighted by Crippen LogP contribution is 2.58. The van der Waals surface area contributed by atoms with E-state index in [1.807, 2.05) is 6.92 Å². The molecule has 0 aromatic heterocycles. The maximum atomic E-state index is 9.93. The van der Waals surface area contributed by atoms with Gasteiger partial charge in [0.2, 0.25) is 0 Å². The van der Waals surface area contributed by atoms with E-state index in [0.29, 0.717) is 5.41 Å². The van der Waals surface area contributed by atoms with Gasteiger partial charge in [0, 0.05) is 0 Å². The van der Waals surface area contributed by atoms with E-state index >= 15 is 0 Å². The van der Waals surface area contributed by atoms with Crippen LogP contribution in [0.3, 0.4) is 0 Å². The Kier molecular flexibility index (Phi) is 3.71. The zero-order chi connectivity index (χ0) is 12.6. The van der Waals surface area contributed by atoms with Crippen molar-refractivity contribution in [3.63, 3.8) is 0 Å². The monoisotopic (exact) mass is 250 g/mol. The average Bonchev–Trinajstić information content (AvgIpc) is 2.35. The summed E-state index contributed by atoms with van der Waals surface area (Å²) in [6.45, 7) is 2.01.